The molecule has 0 bridgehead atoms. The van der Waals surface area contributed by atoms with Crippen LogP contribution in [0.1, 0.15) is 41.9 Å². The Morgan fingerprint density at radius 2 is 1.95 bits per heavy atom. The molecular formula is C16H23N3. The molecule has 1 aromatic heterocycles. The summed E-state index contributed by atoms with van der Waals surface area (Å²) >= 11 is 0. The van der Waals surface area contributed by atoms with E-state index in [-0.39, 0.29) is 6.04 Å². The molecule has 1 unspecified atom stereocenters. The normalized spacial score (nSPS) is 12.6. The van der Waals surface area contributed by atoms with Gasteiger partial charge in [-0.05, 0) is 43.5 Å². The lowest BCUT2D eigenvalue weighted by atomic mass is 9.95. The molecule has 1 aromatic carbocycles. The van der Waals surface area contributed by atoms with Gasteiger partial charge < -0.3 is 9.88 Å². The average Bonchev–Trinajstić information content (AvgIpc) is 2.79. The first kappa shape index (κ1) is 13.8. The Labute approximate surface area is 115 Å². The van der Waals surface area contributed by atoms with Crippen LogP contribution in [0.25, 0.3) is 0 Å². The standard InChI is InChI=1S/C16H23N3/c1-5-9-17-15(16-18-10-11-19(16)4)14-12(2)7-6-8-13(14)3/h6-8,10-11,15,17H,5,9H2,1-4H3. The topological polar surface area (TPSA) is 29.9 Å². The zero-order chi connectivity index (χ0) is 13.8. The molecule has 1 heterocycles. The third-order valence-electron chi connectivity index (χ3n) is 3.55. The fourth-order valence-electron chi connectivity index (χ4n) is 2.55. The Kier molecular flexibility index (Phi) is 4.38. The van der Waals surface area contributed by atoms with E-state index < -0.39 is 0 Å². The summed E-state index contributed by atoms with van der Waals surface area (Å²) < 4.78 is 2.10. The molecule has 0 spiro atoms. The minimum Gasteiger partial charge on any atom is -0.336 e. The predicted molar refractivity (Wildman–Crippen MR) is 79.3 cm³/mol. The van der Waals surface area contributed by atoms with Crippen LogP contribution in [-0.4, -0.2) is 16.1 Å². The van der Waals surface area contributed by atoms with Crippen LogP contribution in [0.5, 0.6) is 0 Å². The molecular weight excluding hydrogens is 234 g/mol. The number of nitrogens with one attached hydrogen (secondary N) is 1. The summed E-state index contributed by atoms with van der Waals surface area (Å²) in [5.74, 6) is 1.07. The molecule has 2 aromatic rings. The lowest BCUT2D eigenvalue weighted by Gasteiger charge is -2.22. The quantitative estimate of drug-likeness (QED) is 0.892. The minimum absolute atomic E-state index is 0.168. The van der Waals surface area contributed by atoms with Crippen molar-refractivity contribution < 1.29 is 0 Å². The van der Waals surface area contributed by atoms with Crippen LogP contribution in [0.15, 0.2) is 30.6 Å². The summed E-state index contributed by atoms with van der Waals surface area (Å²) in [5, 5.41) is 3.63. The van der Waals surface area contributed by atoms with Gasteiger partial charge in [0, 0.05) is 19.4 Å². The highest BCUT2D eigenvalue weighted by Crippen LogP contribution is 2.26. The van der Waals surface area contributed by atoms with Crippen molar-refractivity contribution in [1.82, 2.24) is 14.9 Å². The van der Waals surface area contributed by atoms with Crippen molar-refractivity contribution in [2.45, 2.75) is 33.2 Å². The van der Waals surface area contributed by atoms with Gasteiger partial charge in [0.2, 0.25) is 0 Å². The van der Waals surface area contributed by atoms with Crippen LogP contribution in [0.2, 0.25) is 0 Å². The highest BCUT2D eigenvalue weighted by atomic mass is 15.1. The van der Waals surface area contributed by atoms with Gasteiger partial charge in [-0.2, -0.15) is 0 Å². The molecule has 0 amide bonds. The largest absolute Gasteiger partial charge is 0.336 e. The number of nitrogens with zero attached hydrogens (tertiary/aromatic N) is 2. The smallest absolute Gasteiger partial charge is 0.130 e. The molecule has 2 rings (SSSR count). The van der Waals surface area contributed by atoms with Crippen LogP contribution in [-0.2, 0) is 7.05 Å². The van der Waals surface area contributed by atoms with Crippen LogP contribution in [0.3, 0.4) is 0 Å². The lowest BCUT2D eigenvalue weighted by Crippen LogP contribution is -2.27. The molecule has 1 atom stereocenters. The first-order valence-electron chi connectivity index (χ1n) is 6.91. The van der Waals surface area contributed by atoms with Crippen molar-refractivity contribution in [3.63, 3.8) is 0 Å². The highest BCUT2D eigenvalue weighted by molar-refractivity contribution is 5.39. The summed E-state index contributed by atoms with van der Waals surface area (Å²) in [7, 11) is 2.05. The Hall–Kier alpha value is -1.61. The summed E-state index contributed by atoms with van der Waals surface area (Å²) in [5.41, 5.74) is 3.98. The second kappa shape index (κ2) is 6.02. The molecule has 3 heteroatoms. The Morgan fingerprint density at radius 3 is 2.47 bits per heavy atom. The van der Waals surface area contributed by atoms with Gasteiger partial charge in [0.05, 0.1) is 6.04 Å². The maximum Gasteiger partial charge on any atom is 0.130 e. The number of rotatable bonds is 5. The number of hydrogen-bond donors (Lipinski definition) is 1. The van der Waals surface area contributed by atoms with Gasteiger partial charge in [0.25, 0.3) is 0 Å². The number of hydrogen-bond acceptors (Lipinski definition) is 2. The summed E-state index contributed by atoms with van der Waals surface area (Å²) in [6, 6.07) is 6.63. The molecule has 0 aliphatic carbocycles. The van der Waals surface area contributed by atoms with Gasteiger partial charge in [0.15, 0.2) is 0 Å². The van der Waals surface area contributed by atoms with E-state index in [0.29, 0.717) is 0 Å². The molecule has 19 heavy (non-hydrogen) atoms. The molecule has 0 aliphatic heterocycles. The summed E-state index contributed by atoms with van der Waals surface area (Å²) in [6.07, 6.45) is 4.99. The Morgan fingerprint density at radius 1 is 1.26 bits per heavy atom. The lowest BCUT2D eigenvalue weighted by molar-refractivity contribution is 0.551. The Bertz CT molecular complexity index is 522. The zero-order valence-corrected chi connectivity index (χ0v) is 12.3. The van der Waals surface area contributed by atoms with E-state index in [0.717, 1.165) is 18.8 Å². The molecule has 1 N–H and O–H groups in total. The average molecular weight is 257 g/mol. The number of aryl methyl sites for hydroxylation is 3. The van der Waals surface area contributed by atoms with Gasteiger partial charge in [-0.15, -0.1) is 0 Å². The van der Waals surface area contributed by atoms with Crippen molar-refractivity contribution in [2.24, 2.45) is 7.05 Å². The highest BCUT2D eigenvalue weighted by Gasteiger charge is 2.20. The van der Waals surface area contributed by atoms with E-state index in [1.54, 1.807) is 0 Å². The third-order valence-corrected chi connectivity index (χ3v) is 3.55. The third kappa shape index (κ3) is 2.87. The van der Waals surface area contributed by atoms with Gasteiger partial charge in [-0.25, -0.2) is 4.98 Å². The molecule has 0 saturated heterocycles. The minimum atomic E-state index is 0.168. The second-order valence-electron chi connectivity index (χ2n) is 5.09. The van der Waals surface area contributed by atoms with E-state index in [2.05, 4.69) is 60.9 Å². The van der Waals surface area contributed by atoms with Gasteiger partial charge in [-0.1, -0.05) is 25.1 Å². The maximum absolute atomic E-state index is 4.53. The van der Waals surface area contributed by atoms with Crippen molar-refractivity contribution in [2.75, 3.05) is 6.54 Å². The molecule has 0 radical (unpaired) electrons. The van der Waals surface area contributed by atoms with E-state index in [1.807, 2.05) is 12.4 Å². The van der Waals surface area contributed by atoms with Gasteiger partial charge in [0.1, 0.15) is 5.82 Å². The van der Waals surface area contributed by atoms with Crippen molar-refractivity contribution in [1.29, 1.82) is 0 Å². The van der Waals surface area contributed by atoms with Crippen molar-refractivity contribution in [3.05, 3.63) is 53.1 Å². The van der Waals surface area contributed by atoms with Crippen LogP contribution in [0, 0.1) is 13.8 Å². The van der Waals surface area contributed by atoms with Gasteiger partial charge >= 0.3 is 0 Å². The SMILES string of the molecule is CCCNC(c1c(C)cccc1C)c1nccn1C. The summed E-state index contributed by atoms with van der Waals surface area (Å²) in [6.45, 7) is 7.52. The van der Waals surface area contributed by atoms with E-state index in [1.165, 1.54) is 16.7 Å². The van der Waals surface area contributed by atoms with Crippen LogP contribution < -0.4 is 5.32 Å². The van der Waals surface area contributed by atoms with Crippen LogP contribution in [0.4, 0.5) is 0 Å². The monoisotopic (exact) mass is 257 g/mol. The fourth-order valence-corrected chi connectivity index (χ4v) is 2.55. The summed E-state index contributed by atoms with van der Waals surface area (Å²) in [4.78, 5) is 4.53. The Balaban J connectivity index is 2.46. The predicted octanol–water partition coefficient (Wildman–Crippen LogP) is 3.13. The van der Waals surface area contributed by atoms with Crippen LogP contribution >= 0.6 is 0 Å². The van der Waals surface area contributed by atoms with E-state index >= 15 is 0 Å². The molecule has 0 fully saturated rings. The van der Waals surface area contributed by atoms with Gasteiger partial charge in [-0.3, -0.25) is 0 Å². The first-order valence-corrected chi connectivity index (χ1v) is 6.91. The van der Waals surface area contributed by atoms with E-state index in [4.69, 9.17) is 0 Å². The molecule has 3 nitrogen and oxygen atoms in total. The fraction of sp³-hybridized carbons (Fsp3) is 0.438. The second-order valence-corrected chi connectivity index (χ2v) is 5.09. The zero-order valence-electron chi connectivity index (χ0n) is 12.3. The number of imidazole rings is 1. The van der Waals surface area contributed by atoms with E-state index in [9.17, 15) is 0 Å². The first-order chi connectivity index (χ1) is 9.15. The maximum atomic E-state index is 4.53. The molecule has 0 saturated carbocycles. The molecule has 0 aliphatic rings. The number of aromatic nitrogens is 2. The number of benzene rings is 1. The van der Waals surface area contributed by atoms with Crippen molar-refractivity contribution in [3.8, 4) is 0 Å². The van der Waals surface area contributed by atoms with Crippen molar-refractivity contribution >= 4 is 0 Å². The molecule has 102 valence electrons.